The average molecular weight is 285 g/mol. The fourth-order valence-corrected chi connectivity index (χ4v) is 2.67. The molecule has 1 aromatic rings. The second-order valence-electron chi connectivity index (χ2n) is 4.31. The zero-order valence-corrected chi connectivity index (χ0v) is 11.5. The van der Waals surface area contributed by atoms with Crippen molar-refractivity contribution in [2.45, 2.75) is 32.4 Å². The lowest BCUT2D eigenvalue weighted by Crippen LogP contribution is -2.37. The molecule has 1 fully saturated rings. The Morgan fingerprint density at radius 2 is 2.31 bits per heavy atom. The third kappa shape index (κ3) is 2.09. The molecule has 2 rings (SSSR count). The molecule has 88 valence electrons. The smallest absolute Gasteiger partial charge is 0.143 e. The summed E-state index contributed by atoms with van der Waals surface area (Å²) in [7, 11) is 2.09. The van der Waals surface area contributed by atoms with E-state index in [2.05, 4.69) is 46.7 Å². The first kappa shape index (κ1) is 11.9. The second kappa shape index (κ2) is 4.72. The SMILES string of the molecule is Cc1ccnc(N(C)C2CCOC2C)c1Br. The number of anilines is 1. The highest BCUT2D eigenvalue weighted by Gasteiger charge is 2.29. The predicted molar refractivity (Wildman–Crippen MR) is 68.9 cm³/mol. The van der Waals surface area contributed by atoms with E-state index < -0.39 is 0 Å². The summed E-state index contributed by atoms with van der Waals surface area (Å²) in [6.07, 6.45) is 3.20. The van der Waals surface area contributed by atoms with E-state index in [0.717, 1.165) is 23.3 Å². The van der Waals surface area contributed by atoms with Crippen LogP contribution >= 0.6 is 15.9 Å². The van der Waals surface area contributed by atoms with Crippen LogP contribution in [-0.4, -0.2) is 30.8 Å². The van der Waals surface area contributed by atoms with Crippen LogP contribution in [-0.2, 0) is 4.74 Å². The number of pyridine rings is 1. The number of hydrogen-bond acceptors (Lipinski definition) is 3. The third-order valence-corrected chi connectivity index (χ3v) is 4.21. The Hall–Kier alpha value is -0.610. The lowest BCUT2D eigenvalue weighted by molar-refractivity contribution is 0.118. The molecule has 4 heteroatoms. The van der Waals surface area contributed by atoms with Gasteiger partial charge in [0.15, 0.2) is 0 Å². The maximum Gasteiger partial charge on any atom is 0.143 e. The minimum absolute atomic E-state index is 0.277. The van der Waals surface area contributed by atoms with Gasteiger partial charge in [-0.3, -0.25) is 0 Å². The van der Waals surface area contributed by atoms with Crippen LogP contribution in [0.2, 0.25) is 0 Å². The van der Waals surface area contributed by atoms with Gasteiger partial charge in [0.05, 0.1) is 16.6 Å². The second-order valence-corrected chi connectivity index (χ2v) is 5.10. The Morgan fingerprint density at radius 1 is 1.56 bits per heavy atom. The summed E-state index contributed by atoms with van der Waals surface area (Å²) < 4.78 is 6.67. The van der Waals surface area contributed by atoms with Crippen molar-refractivity contribution in [1.82, 2.24) is 4.98 Å². The summed E-state index contributed by atoms with van der Waals surface area (Å²) in [4.78, 5) is 6.66. The number of nitrogens with zero attached hydrogens (tertiary/aromatic N) is 2. The van der Waals surface area contributed by atoms with E-state index in [1.54, 1.807) is 0 Å². The molecule has 0 aromatic carbocycles. The van der Waals surface area contributed by atoms with Crippen LogP contribution in [0, 0.1) is 6.92 Å². The first-order chi connectivity index (χ1) is 7.61. The summed E-state index contributed by atoms with van der Waals surface area (Å²) in [6, 6.07) is 2.43. The molecule has 0 N–H and O–H groups in total. The van der Waals surface area contributed by atoms with Crippen molar-refractivity contribution in [3.05, 3.63) is 22.3 Å². The van der Waals surface area contributed by atoms with Gasteiger partial charge >= 0.3 is 0 Å². The molecule has 2 atom stereocenters. The quantitative estimate of drug-likeness (QED) is 0.835. The van der Waals surface area contributed by atoms with Crippen molar-refractivity contribution < 1.29 is 4.74 Å². The Bertz CT molecular complexity index is 383. The van der Waals surface area contributed by atoms with Gasteiger partial charge in [-0.25, -0.2) is 4.98 Å². The largest absolute Gasteiger partial charge is 0.376 e. The highest BCUT2D eigenvalue weighted by atomic mass is 79.9. The van der Waals surface area contributed by atoms with E-state index in [0.29, 0.717) is 6.04 Å². The van der Waals surface area contributed by atoms with Crippen LogP contribution in [0.15, 0.2) is 16.7 Å². The molecule has 0 bridgehead atoms. The lowest BCUT2D eigenvalue weighted by Gasteiger charge is -2.28. The predicted octanol–water partition coefficient (Wildman–Crippen LogP) is 2.77. The van der Waals surface area contributed by atoms with Crippen LogP contribution in [0.1, 0.15) is 18.9 Å². The molecule has 2 heterocycles. The summed E-state index contributed by atoms with van der Waals surface area (Å²) in [5.41, 5.74) is 1.21. The fourth-order valence-electron chi connectivity index (χ4n) is 2.16. The minimum Gasteiger partial charge on any atom is -0.376 e. The zero-order valence-electron chi connectivity index (χ0n) is 9.90. The van der Waals surface area contributed by atoms with E-state index in [4.69, 9.17) is 4.74 Å². The highest BCUT2D eigenvalue weighted by molar-refractivity contribution is 9.10. The number of aromatic nitrogens is 1. The fraction of sp³-hybridized carbons (Fsp3) is 0.583. The van der Waals surface area contributed by atoms with Gasteiger partial charge < -0.3 is 9.64 Å². The van der Waals surface area contributed by atoms with E-state index in [-0.39, 0.29) is 6.10 Å². The molecule has 0 saturated carbocycles. The van der Waals surface area contributed by atoms with Gasteiger partial charge in [-0.05, 0) is 47.8 Å². The molecule has 3 nitrogen and oxygen atoms in total. The molecule has 0 aliphatic carbocycles. The number of rotatable bonds is 2. The molecular formula is C12H17BrN2O. The van der Waals surface area contributed by atoms with Crippen molar-refractivity contribution in [2.24, 2.45) is 0 Å². The summed E-state index contributed by atoms with van der Waals surface area (Å²) in [5.74, 6) is 1.00. The van der Waals surface area contributed by atoms with E-state index in [9.17, 15) is 0 Å². The van der Waals surface area contributed by atoms with Crippen molar-refractivity contribution >= 4 is 21.7 Å². The summed E-state index contributed by atoms with van der Waals surface area (Å²) >= 11 is 3.60. The van der Waals surface area contributed by atoms with Crippen LogP contribution in [0.3, 0.4) is 0 Å². The molecule has 0 radical (unpaired) electrons. The molecule has 1 aliphatic rings. The van der Waals surface area contributed by atoms with E-state index in [1.165, 1.54) is 5.56 Å². The van der Waals surface area contributed by atoms with Crippen molar-refractivity contribution in [1.29, 1.82) is 0 Å². The number of aryl methyl sites for hydroxylation is 1. The van der Waals surface area contributed by atoms with Crippen molar-refractivity contribution in [2.75, 3.05) is 18.6 Å². The monoisotopic (exact) mass is 284 g/mol. The Labute approximate surface area is 105 Å². The molecule has 1 aliphatic heterocycles. The van der Waals surface area contributed by atoms with Crippen LogP contribution in [0.4, 0.5) is 5.82 Å². The topological polar surface area (TPSA) is 25.4 Å². The van der Waals surface area contributed by atoms with Crippen LogP contribution in [0.5, 0.6) is 0 Å². The minimum atomic E-state index is 0.277. The number of likely N-dealkylation sites (N-methyl/N-ethyl adjacent to an activating group) is 1. The Balaban J connectivity index is 2.26. The molecular weight excluding hydrogens is 268 g/mol. The van der Waals surface area contributed by atoms with Gasteiger partial charge in [-0.1, -0.05) is 0 Å². The number of halogens is 1. The molecule has 1 saturated heterocycles. The van der Waals surface area contributed by atoms with Crippen LogP contribution < -0.4 is 4.90 Å². The summed E-state index contributed by atoms with van der Waals surface area (Å²) in [5, 5.41) is 0. The number of ether oxygens (including phenoxy) is 1. The van der Waals surface area contributed by atoms with Gasteiger partial charge in [-0.15, -0.1) is 0 Å². The van der Waals surface area contributed by atoms with E-state index in [1.807, 2.05) is 12.3 Å². The third-order valence-electron chi connectivity index (χ3n) is 3.23. The van der Waals surface area contributed by atoms with Crippen LogP contribution in [0.25, 0.3) is 0 Å². The molecule has 16 heavy (non-hydrogen) atoms. The van der Waals surface area contributed by atoms with Gasteiger partial charge in [-0.2, -0.15) is 0 Å². The molecule has 0 spiro atoms. The number of hydrogen-bond donors (Lipinski definition) is 0. The lowest BCUT2D eigenvalue weighted by atomic mass is 10.1. The van der Waals surface area contributed by atoms with Gasteiger partial charge in [0.2, 0.25) is 0 Å². The normalized spacial score (nSPS) is 24.8. The Kier molecular flexibility index (Phi) is 3.50. The van der Waals surface area contributed by atoms with Crippen molar-refractivity contribution in [3.8, 4) is 0 Å². The van der Waals surface area contributed by atoms with Gasteiger partial charge in [0.1, 0.15) is 5.82 Å². The first-order valence-corrected chi connectivity index (χ1v) is 6.36. The molecule has 2 unspecified atom stereocenters. The first-order valence-electron chi connectivity index (χ1n) is 5.57. The molecule has 0 amide bonds. The maximum atomic E-state index is 5.59. The average Bonchev–Trinajstić information content (AvgIpc) is 2.68. The van der Waals surface area contributed by atoms with Gasteiger partial charge in [0, 0.05) is 19.9 Å². The van der Waals surface area contributed by atoms with Crippen molar-refractivity contribution in [3.63, 3.8) is 0 Å². The van der Waals surface area contributed by atoms with Gasteiger partial charge in [0.25, 0.3) is 0 Å². The molecule has 1 aromatic heterocycles. The Morgan fingerprint density at radius 3 is 2.94 bits per heavy atom. The zero-order chi connectivity index (χ0) is 11.7. The standard InChI is InChI=1S/C12H17BrN2O/c1-8-4-6-14-12(11(8)13)15(3)10-5-7-16-9(10)2/h4,6,9-10H,5,7H2,1-3H3. The highest BCUT2D eigenvalue weighted by Crippen LogP contribution is 2.30. The van der Waals surface area contributed by atoms with E-state index >= 15 is 0 Å². The maximum absolute atomic E-state index is 5.59. The summed E-state index contributed by atoms with van der Waals surface area (Å²) in [6.45, 7) is 5.05.